The molecule has 2 rings (SSSR count). The fourth-order valence-electron chi connectivity index (χ4n) is 1.68. The van der Waals surface area contributed by atoms with Gasteiger partial charge in [0.25, 0.3) is 0 Å². The molecule has 0 fully saturated rings. The summed E-state index contributed by atoms with van der Waals surface area (Å²) >= 11 is 0. The van der Waals surface area contributed by atoms with Gasteiger partial charge in [0.1, 0.15) is 11.6 Å². The van der Waals surface area contributed by atoms with Gasteiger partial charge in [-0.3, -0.25) is 0 Å². The Morgan fingerprint density at radius 1 is 0.941 bits per heavy atom. The largest absolute Gasteiger partial charge is 0.508 e. The van der Waals surface area contributed by atoms with E-state index in [2.05, 4.69) is 5.32 Å². The van der Waals surface area contributed by atoms with Crippen molar-refractivity contribution in [3.8, 4) is 5.75 Å². The summed E-state index contributed by atoms with van der Waals surface area (Å²) in [5.74, 6) is -0.456. The number of benzene rings is 2. The molecule has 2 aromatic rings. The Kier molecular flexibility index (Phi) is 3.73. The summed E-state index contributed by atoms with van der Waals surface area (Å²) in [5, 5.41) is 12.4. The van der Waals surface area contributed by atoms with E-state index >= 15 is 0 Å². The van der Waals surface area contributed by atoms with Crippen LogP contribution in [0.5, 0.6) is 5.75 Å². The first-order valence-corrected chi connectivity index (χ1v) is 5.47. The average molecular weight is 231 g/mol. The number of aromatic hydroxyl groups is 1. The molecule has 0 saturated heterocycles. The lowest BCUT2D eigenvalue weighted by Crippen LogP contribution is -2.12. The van der Waals surface area contributed by atoms with Gasteiger partial charge in [0, 0.05) is 19.2 Å². The molecule has 2 aromatic carbocycles. The number of hydrogen-bond acceptors (Lipinski definition) is 2. The minimum absolute atomic E-state index is 0.0403. The molecule has 2 N–H and O–H groups in total. The zero-order valence-electron chi connectivity index (χ0n) is 9.36. The molecule has 0 radical (unpaired) electrons. The van der Waals surface area contributed by atoms with Crippen molar-refractivity contribution < 1.29 is 9.50 Å². The number of halogens is 1. The Labute approximate surface area is 99.7 Å². The predicted molar refractivity (Wildman–Crippen MR) is 65.1 cm³/mol. The van der Waals surface area contributed by atoms with Crippen LogP contribution in [0.2, 0.25) is 0 Å². The van der Waals surface area contributed by atoms with Crippen LogP contribution in [0.4, 0.5) is 4.39 Å². The molecule has 0 saturated carbocycles. The van der Waals surface area contributed by atoms with Crippen LogP contribution in [-0.4, -0.2) is 5.11 Å². The van der Waals surface area contributed by atoms with Crippen LogP contribution >= 0.6 is 0 Å². The second-order valence-corrected chi connectivity index (χ2v) is 3.91. The summed E-state index contributed by atoms with van der Waals surface area (Å²) in [4.78, 5) is 0. The maximum atomic E-state index is 13.0. The van der Waals surface area contributed by atoms with Gasteiger partial charge in [0.05, 0.1) is 0 Å². The van der Waals surface area contributed by atoms with Crippen LogP contribution in [0, 0.1) is 5.82 Å². The average Bonchev–Trinajstić information content (AvgIpc) is 2.29. The number of phenols is 1. The molecule has 0 aliphatic rings. The topological polar surface area (TPSA) is 32.3 Å². The molecule has 17 heavy (non-hydrogen) atoms. The third-order valence-electron chi connectivity index (χ3n) is 2.44. The van der Waals surface area contributed by atoms with Gasteiger partial charge in [-0.15, -0.1) is 0 Å². The Balaban J connectivity index is 1.90. The molecule has 0 aromatic heterocycles. The monoisotopic (exact) mass is 231 g/mol. The van der Waals surface area contributed by atoms with Crippen molar-refractivity contribution in [1.29, 1.82) is 0 Å². The van der Waals surface area contributed by atoms with Gasteiger partial charge < -0.3 is 10.4 Å². The van der Waals surface area contributed by atoms with Crippen molar-refractivity contribution in [1.82, 2.24) is 5.32 Å². The standard InChI is InChI=1S/C14H14FNO/c15-13-6-12(7-14(17)8-13)10-16-9-11-4-2-1-3-5-11/h1-8,16-17H,9-10H2. The number of rotatable bonds is 4. The summed E-state index contributed by atoms with van der Waals surface area (Å²) < 4.78 is 13.0. The number of hydrogen-bond donors (Lipinski definition) is 2. The lowest BCUT2D eigenvalue weighted by atomic mass is 10.2. The van der Waals surface area contributed by atoms with E-state index < -0.39 is 5.82 Å². The van der Waals surface area contributed by atoms with Gasteiger partial charge in [0.15, 0.2) is 0 Å². The Morgan fingerprint density at radius 3 is 2.35 bits per heavy atom. The van der Waals surface area contributed by atoms with E-state index in [1.807, 2.05) is 30.3 Å². The maximum Gasteiger partial charge on any atom is 0.127 e. The first-order valence-electron chi connectivity index (χ1n) is 5.47. The van der Waals surface area contributed by atoms with Crippen LogP contribution in [0.1, 0.15) is 11.1 Å². The third kappa shape index (κ3) is 3.57. The molecule has 2 nitrogen and oxygen atoms in total. The molecule has 88 valence electrons. The zero-order chi connectivity index (χ0) is 12.1. The normalized spacial score (nSPS) is 10.4. The third-order valence-corrected chi connectivity index (χ3v) is 2.44. The highest BCUT2D eigenvalue weighted by Gasteiger charge is 1.99. The van der Waals surface area contributed by atoms with Gasteiger partial charge in [-0.05, 0) is 23.3 Å². The maximum absolute atomic E-state index is 13.0. The summed E-state index contributed by atoms with van der Waals surface area (Å²) in [5.41, 5.74) is 1.91. The van der Waals surface area contributed by atoms with E-state index in [1.165, 1.54) is 11.6 Å². The van der Waals surface area contributed by atoms with E-state index in [-0.39, 0.29) is 5.75 Å². The second-order valence-electron chi connectivity index (χ2n) is 3.91. The summed E-state index contributed by atoms with van der Waals surface area (Å²) in [6.45, 7) is 1.25. The van der Waals surface area contributed by atoms with Crippen molar-refractivity contribution in [2.24, 2.45) is 0 Å². The van der Waals surface area contributed by atoms with Crippen LogP contribution < -0.4 is 5.32 Å². The van der Waals surface area contributed by atoms with Crippen LogP contribution in [0.3, 0.4) is 0 Å². The van der Waals surface area contributed by atoms with Crippen LogP contribution in [-0.2, 0) is 13.1 Å². The Hall–Kier alpha value is -1.87. The van der Waals surface area contributed by atoms with E-state index in [1.54, 1.807) is 6.07 Å². The number of phenolic OH excluding ortho intramolecular Hbond substituents is 1. The molecule has 0 spiro atoms. The van der Waals surface area contributed by atoms with Gasteiger partial charge in [-0.1, -0.05) is 30.3 Å². The minimum Gasteiger partial charge on any atom is -0.508 e. The molecule has 0 unspecified atom stereocenters. The Morgan fingerprint density at radius 2 is 1.65 bits per heavy atom. The number of nitrogens with one attached hydrogen (secondary N) is 1. The van der Waals surface area contributed by atoms with Crippen molar-refractivity contribution in [2.45, 2.75) is 13.1 Å². The fourth-order valence-corrected chi connectivity index (χ4v) is 1.68. The fraction of sp³-hybridized carbons (Fsp3) is 0.143. The summed E-state index contributed by atoms with van der Waals surface area (Å²) in [7, 11) is 0. The first kappa shape index (κ1) is 11.6. The minimum atomic E-state index is -0.415. The van der Waals surface area contributed by atoms with Crippen LogP contribution in [0.15, 0.2) is 48.5 Å². The van der Waals surface area contributed by atoms with Gasteiger partial charge in [-0.2, -0.15) is 0 Å². The molecular formula is C14H14FNO. The highest BCUT2D eigenvalue weighted by atomic mass is 19.1. The van der Waals surface area contributed by atoms with Crippen molar-refractivity contribution in [3.05, 3.63) is 65.5 Å². The lowest BCUT2D eigenvalue weighted by Gasteiger charge is -2.05. The SMILES string of the molecule is Oc1cc(F)cc(CNCc2ccccc2)c1. The molecule has 0 aliphatic heterocycles. The molecule has 0 amide bonds. The van der Waals surface area contributed by atoms with E-state index in [0.717, 1.165) is 18.2 Å². The van der Waals surface area contributed by atoms with E-state index in [4.69, 9.17) is 0 Å². The zero-order valence-corrected chi connectivity index (χ0v) is 9.36. The quantitative estimate of drug-likeness (QED) is 0.848. The van der Waals surface area contributed by atoms with Gasteiger partial charge in [-0.25, -0.2) is 4.39 Å². The predicted octanol–water partition coefficient (Wildman–Crippen LogP) is 2.82. The van der Waals surface area contributed by atoms with Crippen molar-refractivity contribution >= 4 is 0 Å². The Bertz CT molecular complexity index is 465. The molecule has 0 heterocycles. The lowest BCUT2D eigenvalue weighted by molar-refractivity contribution is 0.467. The highest BCUT2D eigenvalue weighted by molar-refractivity contribution is 5.28. The van der Waals surface area contributed by atoms with Gasteiger partial charge >= 0.3 is 0 Å². The molecule has 0 atom stereocenters. The smallest absolute Gasteiger partial charge is 0.127 e. The second kappa shape index (κ2) is 5.46. The summed E-state index contributed by atoms with van der Waals surface area (Å²) in [6.07, 6.45) is 0. The van der Waals surface area contributed by atoms with Crippen LogP contribution in [0.25, 0.3) is 0 Å². The molecule has 0 bridgehead atoms. The van der Waals surface area contributed by atoms with E-state index in [9.17, 15) is 9.50 Å². The molecule has 0 aliphatic carbocycles. The molecule has 3 heteroatoms. The van der Waals surface area contributed by atoms with Gasteiger partial charge in [0.2, 0.25) is 0 Å². The summed E-state index contributed by atoms with van der Waals surface area (Å²) in [6, 6.07) is 14.0. The van der Waals surface area contributed by atoms with Crippen molar-refractivity contribution in [2.75, 3.05) is 0 Å². The first-order chi connectivity index (χ1) is 8.24. The van der Waals surface area contributed by atoms with Crippen molar-refractivity contribution in [3.63, 3.8) is 0 Å². The van der Waals surface area contributed by atoms with E-state index in [0.29, 0.717) is 6.54 Å². The highest BCUT2D eigenvalue weighted by Crippen LogP contribution is 2.14. The molecular weight excluding hydrogens is 217 g/mol.